The molecule has 0 amide bonds. The molecule has 0 aliphatic carbocycles. The van der Waals surface area contributed by atoms with Gasteiger partial charge in [0, 0.05) is 18.7 Å². The fourth-order valence-corrected chi connectivity index (χ4v) is 2.73. The molecule has 0 fully saturated rings. The second kappa shape index (κ2) is 5.70. The number of nitrogens with two attached hydrogens (primary N) is 1. The molecule has 0 saturated heterocycles. The van der Waals surface area contributed by atoms with E-state index < -0.39 is 26.6 Å². The number of nitrogens with one attached hydrogen (secondary N) is 1. The molecule has 0 radical (unpaired) electrons. The van der Waals surface area contributed by atoms with Gasteiger partial charge in [-0.1, -0.05) is 0 Å². The third kappa shape index (κ3) is 3.03. The van der Waals surface area contributed by atoms with Crippen molar-refractivity contribution in [2.45, 2.75) is 18.0 Å². The summed E-state index contributed by atoms with van der Waals surface area (Å²) < 4.78 is 57.9. The molecule has 1 aromatic heterocycles. The van der Waals surface area contributed by atoms with Crippen LogP contribution in [0.4, 0.5) is 8.78 Å². The average Bonchev–Trinajstić information content (AvgIpc) is 2.92. The third-order valence-corrected chi connectivity index (χ3v) is 4.03. The molecule has 1 aromatic carbocycles. The van der Waals surface area contributed by atoms with Crippen LogP contribution in [0.1, 0.15) is 11.1 Å². The number of sulfonamides is 1. The molecule has 0 spiro atoms. The molecule has 8 heteroatoms. The van der Waals surface area contributed by atoms with Crippen LogP contribution in [-0.2, 0) is 23.1 Å². The van der Waals surface area contributed by atoms with E-state index in [0.29, 0.717) is 5.56 Å². The first-order valence-electron chi connectivity index (χ1n) is 5.63. The fraction of sp³-hybridized carbons (Fsp3) is 0.167. The molecule has 0 atom stereocenters. The number of furan rings is 1. The van der Waals surface area contributed by atoms with Crippen LogP contribution in [0.2, 0.25) is 0 Å². The van der Waals surface area contributed by atoms with E-state index in [0.717, 1.165) is 12.1 Å². The highest BCUT2D eigenvalue weighted by molar-refractivity contribution is 7.89. The van der Waals surface area contributed by atoms with E-state index in [1.807, 2.05) is 0 Å². The summed E-state index contributed by atoms with van der Waals surface area (Å²) in [5.74, 6) is -2.68. The zero-order valence-corrected chi connectivity index (χ0v) is 11.1. The van der Waals surface area contributed by atoms with Crippen molar-refractivity contribution < 1.29 is 21.6 Å². The maximum absolute atomic E-state index is 13.6. The first kappa shape index (κ1) is 14.6. The lowest BCUT2D eigenvalue weighted by Crippen LogP contribution is -2.24. The predicted octanol–water partition coefficient (Wildman–Crippen LogP) is 1.50. The van der Waals surface area contributed by atoms with Gasteiger partial charge in [0.25, 0.3) is 0 Å². The molecule has 0 aliphatic heterocycles. The van der Waals surface area contributed by atoms with Crippen LogP contribution in [0.3, 0.4) is 0 Å². The fourth-order valence-electron chi connectivity index (χ4n) is 1.58. The molecular formula is C12H12F2N2O3S. The van der Waals surface area contributed by atoms with Crippen LogP contribution >= 0.6 is 0 Å². The minimum atomic E-state index is -4.18. The van der Waals surface area contributed by atoms with Gasteiger partial charge in [0.2, 0.25) is 10.0 Å². The summed E-state index contributed by atoms with van der Waals surface area (Å²) in [7, 11) is -4.18. The molecule has 1 heterocycles. The predicted molar refractivity (Wildman–Crippen MR) is 67.0 cm³/mol. The Morgan fingerprint density at radius 2 is 2.00 bits per heavy atom. The van der Waals surface area contributed by atoms with Crippen molar-refractivity contribution in [1.29, 1.82) is 0 Å². The number of hydrogen-bond acceptors (Lipinski definition) is 4. The van der Waals surface area contributed by atoms with Gasteiger partial charge < -0.3 is 10.2 Å². The van der Waals surface area contributed by atoms with Crippen molar-refractivity contribution in [2.75, 3.05) is 0 Å². The minimum absolute atomic E-state index is 0.0905. The van der Waals surface area contributed by atoms with Crippen LogP contribution in [0.15, 0.2) is 40.0 Å². The Hall–Kier alpha value is -1.77. The van der Waals surface area contributed by atoms with E-state index >= 15 is 0 Å². The highest BCUT2D eigenvalue weighted by Gasteiger charge is 2.22. The highest BCUT2D eigenvalue weighted by Crippen LogP contribution is 2.20. The van der Waals surface area contributed by atoms with Gasteiger partial charge in [-0.25, -0.2) is 21.9 Å². The zero-order valence-electron chi connectivity index (χ0n) is 10.3. The van der Waals surface area contributed by atoms with Crippen molar-refractivity contribution in [3.8, 4) is 0 Å². The summed E-state index contributed by atoms with van der Waals surface area (Å²) >= 11 is 0. The summed E-state index contributed by atoms with van der Waals surface area (Å²) in [4.78, 5) is -0.763. The molecule has 0 aliphatic rings. The standard InChI is InChI=1S/C12H12F2N2O3S/c13-10-3-9(5-15)4-11(12(10)14)20(17,18)16-6-8-1-2-19-7-8/h1-4,7,16H,5-6,15H2. The first-order valence-corrected chi connectivity index (χ1v) is 7.11. The van der Waals surface area contributed by atoms with Crippen LogP contribution in [-0.4, -0.2) is 8.42 Å². The Labute approximate surface area is 114 Å². The number of hydrogen-bond donors (Lipinski definition) is 2. The Bertz CT molecular complexity index is 700. The average molecular weight is 302 g/mol. The van der Waals surface area contributed by atoms with Crippen molar-refractivity contribution in [2.24, 2.45) is 5.73 Å². The third-order valence-electron chi connectivity index (χ3n) is 2.63. The van der Waals surface area contributed by atoms with E-state index in [-0.39, 0.29) is 18.7 Å². The van der Waals surface area contributed by atoms with Crippen LogP contribution in [0.25, 0.3) is 0 Å². The van der Waals surface area contributed by atoms with Gasteiger partial charge >= 0.3 is 0 Å². The van der Waals surface area contributed by atoms with E-state index in [4.69, 9.17) is 10.2 Å². The summed E-state index contributed by atoms with van der Waals surface area (Å²) in [5, 5.41) is 0. The van der Waals surface area contributed by atoms with Crippen LogP contribution in [0, 0.1) is 11.6 Å². The van der Waals surface area contributed by atoms with Crippen molar-refractivity contribution in [3.63, 3.8) is 0 Å². The van der Waals surface area contributed by atoms with Gasteiger partial charge in [-0.3, -0.25) is 0 Å². The highest BCUT2D eigenvalue weighted by atomic mass is 32.2. The van der Waals surface area contributed by atoms with Gasteiger partial charge in [-0.05, 0) is 23.8 Å². The largest absolute Gasteiger partial charge is 0.472 e. The Morgan fingerprint density at radius 1 is 1.25 bits per heavy atom. The van der Waals surface area contributed by atoms with Crippen molar-refractivity contribution >= 4 is 10.0 Å². The van der Waals surface area contributed by atoms with Gasteiger partial charge in [0.1, 0.15) is 4.90 Å². The Kier molecular flexibility index (Phi) is 4.17. The molecule has 3 N–H and O–H groups in total. The Morgan fingerprint density at radius 3 is 2.60 bits per heavy atom. The SMILES string of the molecule is NCc1cc(F)c(F)c(S(=O)(=O)NCc2ccoc2)c1. The Balaban J connectivity index is 2.31. The zero-order chi connectivity index (χ0) is 14.8. The molecular weight excluding hydrogens is 290 g/mol. The smallest absolute Gasteiger partial charge is 0.243 e. The lowest BCUT2D eigenvalue weighted by atomic mass is 10.2. The monoisotopic (exact) mass is 302 g/mol. The summed E-state index contributed by atoms with van der Waals surface area (Å²) in [6.07, 6.45) is 2.72. The molecule has 5 nitrogen and oxygen atoms in total. The molecule has 2 rings (SSSR count). The quantitative estimate of drug-likeness (QED) is 0.876. The molecule has 0 unspecified atom stereocenters. The molecule has 0 bridgehead atoms. The number of benzene rings is 1. The minimum Gasteiger partial charge on any atom is -0.472 e. The van der Waals surface area contributed by atoms with E-state index in [9.17, 15) is 17.2 Å². The second-order valence-corrected chi connectivity index (χ2v) is 5.79. The molecule has 108 valence electrons. The van der Waals surface area contributed by atoms with Crippen molar-refractivity contribution in [1.82, 2.24) is 4.72 Å². The van der Waals surface area contributed by atoms with Gasteiger partial charge in [-0.15, -0.1) is 0 Å². The number of rotatable bonds is 5. The van der Waals surface area contributed by atoms with Crippen LogP contribution in [0.5, 0.6) is 0 Å². The van der Waals surface area contributed by atoms with E-state index in [1.165, 1.54) is 12.5 Å². The first-order chi connectivity index (χ1) is 9.44. The van der Waals surface area contributed by atoms with Gasteiger partial charge in [-0.2, -0.15) is 0 Å². The topological polar surface area (TPSA) is 85.3 Å². The summed E-state index contributed by atoms with van der Waals surface area (Å²) in [6, 6.07) is 3.43. The summed E-state index contributed by atoms with van der Waals surface area (Å²) in [5.41, 5.74) is 6.06. The van der Waals surface area contributed by atoms with Crippen LogP contribution < -0.4 is 10.5 Å². The number of halogens is 2. The second-order valence-electron chi connectivity index (χ2n) is 4.05. The molecule has 0 saturated carbocycles. The maximum Gasteiger partial charge on any atom is 0.243 e. The maximum atomic E-state index is 13.6. The van der Waals surface area contributed by atoms with Crippen molar-refractivity contribution in [3.05, 3.63) is 53.5 Å². The normalized spacial score (nSPS) is 11.8. The lowest BCUT2D eigenvalue weighted by Gasteiger charge is -2.09. The van der Waals surface area contributed by atoms with Gasteiger partial charge in [0.15, 0.2) is 11.6 Å². The van der Waals surface area contributed by atoms with E-state index in [2.05, 4.69) is 4.72 Å². The van der Waals surface area contributed by atoms with Gasteiger partial charge in [0.05, 0.1) is 12.5 Å². The lowest BCUT2D eigenvalue weighted by molar-refractivity contribution is 0.481. The summed E-state index contributed by atoms with van der Waals surface area (Å²) in [6.45, 7) is -0.186. The molecule has 2 aromatic rings. The van der Waals surface area contributed by atoms with E-state index in [1.54, 1.807) is 6.07 Å². The molecule has 20 heavy (non-hydrogen) atoms.